The number of nitrogens with one attached hydrogen (secondary N) is 1. The van der Waals surface area contributed by atoms with Gasteiger partial charge in [-0.15, -0.1) is 11.3 Å². The third-order valence-electron chi connectivity index (χ3n) is 4.76. The SMILES string of the molecule is CCC(=O)N1CCC[C@H](C(=O)N[C@@H](c2ccc(F)cc2)c2cccs2)C1. The molecule has 2 amide bonds. The van der Waals surface area contributed by atoms with Gasteiger partial charge in [0.05, 0.1) is 12.0 Å². The number of hydrogen-bond acceptors (Lipinski definition) is 3. The Kier molecular flexibility index (Phi) is 6.04. The molecule has 0 unspecified atom stereocenters. The van der Waals surface area contributed by atoms with E-state index in [-0.39, 0.29) is 29.6 Å². The predicted molar refractivity (Wildman–Crippen MR) is 100 cm³/mol. The van der Waals surface area contributed by atoms with E-state index < -0.39 is 0 Å². The van der Waals surface area contributed by atoms with Crippen molar-refractivity contribution in [2.24, 2.45) is 5.92 Å². The number of thiophene rings is 1. The zero-order chi connectivity index (χ0) is 18.5. The number of benzene rings is 1. The summed E-state index contributed by atoms with van der Waals surface area (Å²) in [6, 6.07) is 9.81. The molecule has 2 aromatic rings. The van der Waals surface area contributed by atoms with E-state index in [9.17, 15) is 14.0 Å². The minimum atomic E-state index is -0.305. The summed E-state index contributed by atoms with van der Waals surface area (Å²) >= 11 is 1.55. The number of carbonyl (C=O) groups is 2. The van der Waals surface area contributed by atoms with E-state index >= 15 is 0 Å². The molecule has 0 radical (unpaired) electrons. The summed E-state index contributed by atoms with van der Waals surface area (Å²) in [4.78, 5) is 27.6. The Balaban J connectivity index is 1.75. The molecule has 1 fully saturated rings. The van der Waals surface area contributed by atoms with Gasteiger partial charge in [0.1, 0.15) is 5.82 Å². The number of nitrogens with zero attached hydrogens (tertiary/aromatic N) is 1. The molecule has 4 nitrogen and oxygen atoms in total. The Morgan fingerprint density at radius 1 is 1.31 bits per heavy atom. The molecule has 1 aliphatic heterocycles. The Morgan fingerprint density at radius 3 is 2.73 bits per heavy atom. The van der Waals surface area contributed by atoms with Gasteiger partial charge in [-0.2, -0.15) is 0 Å². The fourth-order valence-corrected chi connectivity index (χ4v) is 4.13. The molecule has 1 saturated heterocycles. The molecule has 0 aliphatic carbocycles. The normalized spacial score (nSPS) is 18.4. The highest BCUT2D eigenvalue weighted by molar-refractivity contribution is 7.10. The molecule has 2 atom stereocenters. The Morgan fingerprint density at radius 2 is 2.08 bits per heavy atom. The molecule has 0 saturated carbocycles. The molecular weight excluding hydrogens is 351 g/mol. The summed E-state index contributed by atoms with van der Waals surface area (Å²) in [7, 11) is 0. The van der Waals surface area contributed by atoms with Crippen molar-refractivity contribution in [3.05, 3.63) is 58.0 Å². The van der Waals surface area contributed by atoms with Crippen molar-refractivity contribution in [1.29, 1.82) is 0 Å². The number of hydrogen-bond donors (Lipinski definition) is 1. The lowest BCUT2D eigenvalue weighted by Gasteiger charge is -2.32. The van der Waals surface area contributed by atoms with Crippen molar-refractivity contribution in [3.63, 3.8) is 0 Å². The molecule has 0 spiro atoms. The minimum absolute atomic E-state index is 0.0543. The van der Waals surface area contributed by atoms with E-state index in [1.54, 1.807) is 28.4 Å². The maximum Gasteiger partial charge on any atom is 0.225 e. The summed E-state index contributed by atoms with van der Waals surface area (Å²) in [5.74, 6) is -0.467. The van der Waals surface area contributed by atoms with Gasteiger partial charge < -0.3 is 10.2 Å². The highest BCUT2D eigenvalue weighted by Crippen LogP contribution is 2.27. The molecule has 1 aromatic carbocycles. The first-order valence-corrected chi connectivity index (χ1v) is 9.83. The highest BCUT2D eigenvalue weighted by Gasteiger charge is 2.29. The van der Waals surface area contributed by atoms with Gasteiger partial charge in [-0.05, 0) is 42.0 Å². The number of piperidine rings is 1. The third kappa shape index (κ3) is 4.30. The molecular formula is C20H23FN2O2S. The monoisotopic (exact) mass is 374 g/mol. The van der Waals surface area contributed by atoms with Crippen LogP contribution in [0.1, 0.15) is 42.7 Å². The van der Waals surface area contributed by atoms with Crippen LogP contribution in [-0.2, 0) is 9.59 Å². The molecule has 0 bridgehead atoms. The van der Waals surface area contributed by atoms with Crippen LogP contribution >= 0.6 is 11.3 Å². The summed E-state index contributed by atoms with van der Waals surface area (Å²) in [6.45, 7) is 3.04. The number of carbonyl (C=O) groups excluding carboxylic acids is 2. The Bertz CT molecular complexity index is 746. The second-order valence-electron chi connectivity index (χ2n) is 6.54. The summed E-state index contributed by atoms with van der Waals surface area (Å²) in [5.41, 5.74) is 0.847. The smallest absolute Gasteiger partial charge is 0.225 e. The zero-order valence-corrected chi connectivity index (χ0v) is 15.6. The Hall–Kier alpha value is -2.21. The lowest BCUT2D eigenvalue weighted by molar-refractivity contribution is -0.135. The van der Waals surface area contributed by atoms with E-state index in [1.165, 1.54) is 12.1 Å². The van der Waals surface area contributed by atoms with Crippen LogP contribution < -0.4 is 5.32 Å². The highest BCUT2D eigenvalue weighted by atomic mass is 32.1. The first-order chi connectivity index (χ1) is 12.6. The molecule has 26 heavy (non-hydrogen) atoms. The van der Waals surface area contributed by atoms with E-state index in [2.05, 4.69) is 5.32 Å². The van der Waals surface area contributed by atoms with E-state index in [4.69, 9.17) is 0 Å². The second-order valence-corrected chi connectivity index (χ2v) is 7.52. The first-order valence-electron chi connectivity index (χ1n) is 8.95. The van der Waals surface area contributed by atoms with Crippen LogP contribution in [0.2, 0.25) is 0 Å². The summed E-state index contributed by atoms with van der Waals surface area (Å²) < 4.78 is 13.3. The van der Waals surface area contributed by atoms with Gasteiger partial charge in [-0.1, -0.05) is 25.1 Å². The van der Waals surface area contributed by atoms with Crippen molar-refractivity contribution in [2.75, 3.05) is 13.1 Å². The number of amides is 2. The van der Waals surface area contributed by atoms with E-state index in [0.717, 1.165) is 29.8 Å². The largest absolute Gasteiger partial charge is 0.344 e. The molecule has 138 valence electrons. The number of likely N-dealkylation sites (tertiary alicyclic amines) is 1. The van der Waals surface area contributed by atoms with Crippen LogP contribution in [0.4, 0.5) is 4.39 Å². The van der Waals surface area contributed by atoms with E-state index in [1.807, 2.05) is 24.4 Å². The van der Waals surface area contributed by atoms with Crippen molar-refractivity contribution in [2.45, 2.75) is 32.2 Å². The molecule has 6 heteroatoms. The van der Waals surface area contributed by atoms with Gasteiger partial charge in [0.25, 0.3) is 0 Å². The van der Waals surface area contributed by atoms with Crippen molar-refractivity contribution >= 4 is 23.2 Å². The lowest BCUT2D eigenvalue weighted by atomic mass is 9.95. The average molecular weight is 374 g/mol. The standard InChI is InChI=1S/C20H23FN2O2S/c1-2-18(24)23-11-3-5-15(13-23)20(25)22-19(17-6-4-12-26-17)14-7-9-16(21)10-8-14/h4,6-10,12,15,19H,2-3,5,11,13H2,1H3,(H,22,25)/t15-,19-/m0/s1. The second kappa shape index (κ2) is 8.45. The van der Waals surface area contributed by atoms with Crippen molar-refractivity contribution < 1.29 is 14.0 Å². The van der Waals surface area contributed by atoms with Crippen LogP contribution in [-0.4, -0.2) is 29.8 Å². The predicted octanol–water partition coefficient (Wildman–Crippen LogP) is 3.74. The quantitative estimate of drug-likeness (QED) is 0.867. The van der Waals surface area contributed by atoms with Gasteiger partial charge in [0.15, 0.2) is 0 Å². The van der Waals surface area contributed by atoms with Crippen LogP contribution in [0, 0.1) is 11.7 Å². The maximum atomic E-state index is 13.3. The molecule has 2 heterocycles. The molecule has 1 aromatic heterocycles. The van der Waals surface area contributed by atoms with Gasteiger partial charge in [-0.25, -0.2) is 4.39 Å². The van der Waals surface area contributed by atoms with Crippen LogP contribution in [0.25, 0.3) is 0 Å². The number of rotatable bonds is 5. The number of halogens is 1. The fourth-order valence-electron chi connectivity index (χ4n) is 3.33. The van der Waals surface area contributed by atoms with Crippen molar-refractivity contribution in [3.8, 4) is 0 Å². The lowest BCUT2D eigenvalue weighted by Crippen LogP contribution is -2.46. The molecule has 1 aliphatic rings. The van der Waals surface area contributed by atoms with Crippen LogP contribution in [0.5, 0.6) is 0 Å². The Labute approximate surface area is 157 Å². The maximum absolute atomic E-state index is 13.3. The summed E-state index contributed by atoms with van der Waals surface area (Å²) in [5, 5.41) is 5.07. The zero-order valence-electron chi connectivity index (χ0n) is 14.8. The fraction of sp³-hybridized carbons (Fsp3) is 0.400. The van der Waals surface area contributed by atoms with E-state index in [0.29, 0.717) is 13.0 Å². The van der Waals surface area contributed by atoms with Gasteiger partial charge in [0, 0.05) is 24.4 Å². The average Bonchev–Trinajstić information content (AvgIpc) is 3.20. The van der Waals surface area contributed by atoms with Crippen LogP contribution in [0.15, 0.2) is 41.8 Å². The minimum Gasteiger partial charge on any atom is -0.344 e. The molecule has 3 rings (SSSR count). The first kappa shape index (κ1) is 18.6. The van der Waals surface area contributed by atoms with Crippen LogP contribution in [0.3, 0.4) is 0 Å². The van der Waals surface area contributed by atoms with Crippen molar-refractivity contribution in [1.82, 2.24) is 10.2 Å². The topological polar surface area (TPSA) is 49.4 Å². The summed E-state index contributed by atoms with van der Waals surface area (Å²) in [6.07, 6.45) is 2.08. The van der Waals surface area contributed by atoms with Gasteiger partial charge in [-0.3, -0.25) is 9.59 Å². The molecule has 1 N–H and O–H groups in total. The third-order valence-corrected chi connectivity index (χ3v) is 5.70. The van der Waals surface area contributed by atoms with Gasteiger partial charge >= 0.3 is 0 Å². The van der Waals surface area contributed by atoms with Gasteiger partial charge in [0.2, 0.25) is 11.8 Å².